The minimum Gasteiger partial charge on any atom is -0.298 e. The second-order valence-electron chi connectivity index (χ2n) is 5.69. The van der Waals surface area contributed by atoms with E-state index in [-0.39, 0.29) is 5.91 Å². The van der Waals surface area contributed by atoms with Crippen LogP contribution in [0.3, 0.4) is 0 Å². The minimum atomic E-state index is -0.216. The van der Waals surface area contributed by atoms with Crippen LogP contribution in [0.2, 0.25) is 0 Å². The number of benzene rings is 2. The van der Waals surface area contributed by atoms with Crippen LogP contribution in [0.25, 0.3) is 27.2 Å². The van der Waals surface area contributed by atoms with Gasteiger partial charge in [0.15, 0.2) is 5.13 Å². The van der Waals surface area contributed by atoms with Gasteiger partial charge < -0.3 is 0 Å². The van der Waals surface area contributed by atoms with Gasteiger partial charge in [0.1, 0.15) is 0 Å². The third kappa shape index (κ3) is 3.27. The van der Waals surface area contributed by atoms with Gasteiger partial charge in [0.25, 0.3) is 0 Å². The zero-order chi connectivity index (χ0) is 17.2. The lowest BCUT2D eigenvalue weighted by Gasteiger charge is -1.98. The smallest absolute Gasteiger partial charge is 0.250 e. The third-order valence-electron chi connectivity index (χ3n) is 3.88. The fourth-order valence-corrected chi connectivity index (χ4v) is 3.57. The maximum absolute atomic E-state index is 12.2. The second kappa shape index (κ2) is 6.45. The Morgan fingerprint density at radius 2 is 1.92 bits per heavy atom. The number of carbonyl (C=O) groups excluding carboxylic acids is 1. The number of fused-ring (bicyclic) bond motifs is 2. The summed E-state index contributed by atoms with van der Waals surface area (Å²) in [6.45, 7) is 2.01. The van der Waals surface area contributed by atoms with Crippen LogP contribution >= 0.6 is 11.3 Å². The molecule has 0 saturated heterocycles. The summed E-state index contributed by atoms with van der Waals surface area (Å²) in [6.07, 6.45) is 3.19. The molecular formula is C20H15N3OS. The zero-order valence-electron chi connectivity index (χ0n) is 13.6. The van der Waals surface area contributed by atoms with E-state index in [9.17, 15) is 4.79 Å². The first-order chi connectivity index (χ1) is 12.2. The Bertz CT molecular complexity index is 1110. The summed E-state index contributed by atoms with van der Waals surface area (Å²) in [7, 11) is 0. The Balaban J connectivity index is 1.51. The molecule has 1 amide bonds. The minimum absolute atomic E-state index is 0.216. The number of amides is 1. The maximum Gasteiger partial charge on any atom is 0.250 e. The summed E-state index contributed by atoms with van der Waals surface area (Å²) >= 11 is 1.47. The van der Waals surface area contributed by atoms with Crippen molar-refractivity contribution in [3.8, 4) is 0 Å². The molecule has 0 spiro atoms. The van der Waals surface area contributed by atoms with Crippen molar-refractivity contribution in [2.45, 2.75) is 6.92 Å². The molecule has 5 heteroatoms. The van der Waals surface area contributed by atoms with Crippen molar-refractivity contribution in [2.24, 2.45) is 0 Å². The molecule has 0 radical (unpaired) electrons. The lowest BCUT2D eigenvalue weighted by atomic mass is 10.2. The molecule has 2 aromatic heterocycles. The van der Waals surface area contributed by atoms with Crippen molar-refractivity contribution in [3.63, 3.8) is 0 Å². The molecule has 0 bridgehead atoms. The molecule has 0 unspecified atom stereocenters. The molecule has 0 aliphatic rings. The Morgan fingerprint density at radius 3 is 2.80 bits per heavy atom. The number of aromatic nitrogens is 2. The standard InChI is InChI=1S/C20H15N3OS/c1-13-5-4-8-17-19(13)23-20(25-17)22-18(24)12-11-15-10-9-14-6-2-3-7-16(14)21-15/h2-12H,1H3,(H,22,23,24). The normalized spacial score (nSPS) is 11.4. The number of hydrogen-bond acceptors (Lipinski definition) is 4. The number of hydrogen-bond donors (Lipinski definition) is 1. The lowest BCUT2D eigenvalue weighted by molar-refractivity contribution is -0.111. The Kier molecular flexibility index (Phi) is 3.99. The number of nitrogens with zero attached hydrogens (tertiary/aromatic N) is 2. The van der Waals surface area contributed by atoms with E-state index in [0.717, 1.165) is 32.4 Å². The summed E-state index contributed by atoms with van der Waals surface area (Å²) in [5.74, 6) is -0.216. The highest BCUT2D eigenvalue weighted by atomic mass is 32.1. The molecule has 0 atom stereocenters. The van der Waals surface area contributed by atoms with E-state index in [1.807, 2.05) is 61.5 Å². The largest absolute Gasteiger partial charge is 0.298 e. The number of carbonyl (C=O) groups is 1. The average molecular weight is 345 g/mol. The monoisotopic (exact) mass is 345 g/mol. The van der Waals surface area contributed by atoms with Gasteiger partial charge in [-0.1, -0.05) is 47.7 Å². The van der Waals surface area contributed by atoms with Crippen LogP contribution < -0.4 is 5.32 Å². The molecule has 1 N–H and O–H groups in total. The number of para-hydroxylation sites is 2. The van der Waals surface area contributed by atoms with Crippen molar-refractivity contribution in [1.82, 2.24) is 9.97 Å². The van der Waals surface area contributed by atoms with E-state index >= 15 is 0 Å². The van der Waals surface area contributed by atoms with Crippen molar-refractivity contribution < 1.29 is 4.79 Å². The van der Waals surface area contributed by atoms with E-state index in [1.165, 1.54) is 17.4 Å². The molecule has 0 aliphatic carbocycles. The summed E-state index contributed by atoms with van der Waals surface area (Å²) in [6, 6.07) is 17.8. The van der Waals surface area contributed by atoms with E-state index in [0.29, 0.717) is 5.13 Å². The van der Waals surface area contributed by atoms with E-state index in [4.69, 9.17) is 0 Å². The first-order valence-electron chi connectivity index (χ1n) is 7.90. The zero-order valence-corrected chi connectivity index (χ0v) is 14.4. The highest BCUT2D eigenvalue weighted by Crippen LogP contribution is 2.27. The molecule has 2 aromatic carbocycles. The van der Waals surface area contributed by atoms with Crippen LogP contribution in [-0.4, -0.2) is 15.9 Å². The number of nitrogens with one attached hydrogen (secondary N) is 1. The first kappa shape index (κ1) is 15.5. The highest BCUT2D eigenvalue weighted by molar-refractivity contribution is 7.22. The lowest BCUT2D eigenvalue weighted by Crippen LogP contribution is -2.07. The maximum atomic E-state index is 12.2. The predicted octanol–water partition coefficient (Wildman–Crippen LogP) is 4.80. The summed E-state index contributed by atoms with van der Waals surface area (Å²) in [5.41, 5.74) is 3.69. The fourth-order valence-electron chi connectivity index (χ4n) is 2.62. The van der Waals surface area contributed by atoms with Crippen LogP contribution in [0.5, 0.6) is 0 Å². The molecule has 25 heavy (non-hydrogen) atoms. The Morgan fingerprint density at radius 1 is 1.04 bits per heavy atom. The van der Waals surface area contributed by atoms with E-state index < -0.39 is 0 Å². The molecule has 4 aromatic rings. The molecule has 0 aliphatic heterocycles. The Hall–Kier alpha value is -3.05. The SMILES string of the molecule is Cc1cccc2sc(NC(=O)C=Cc3ccc4ccccc4n3)nc12. The summed E-state index contributed by atoms with van der Waals surface area (Å²) in [4.78, 5) is 21.2. The van der Waals surface area contributed by atoms with Gasteiger partial charge in [-0.05, 0) is 36.8 Å². The third-order valence-corrected chi connectivity index (χ3v) is 4.81. The summed E-state index contributed by atoms with van der Waals surface area (Å²) < 4.78 is 1.07. The first-order valence-corrected chi connectivity index (χ1v) is 8.72. The van der Waals surface area contributed by atoms with Crippen molar-refractivity contribution >= 4 is 49.6 Å². The van der Waals surface area contributed by atoms with Crippen LogP contribution in [0.1, 0.15) is 11.3 Å². The van der Waals surface area contributed by atoms with Gasteiger partial charge in [-0.15, -0.1) is 0 Å². The number of aryl methyl sites for hydroxylation is 1. The Labute approximate surface area is 148 Å². The number of rotatable bonds is 3. The average Bonchev–Trinajstić information content (AvgIpc) is 3.03. The fraction of sp³-hybridized carbons (Fsp3) is 0.0500. The van der Waals surface area contributed by atoms with Gasteiger partial charge in [-0.2, -0.15) is 0 Å². The van der Waals surface area contributed by atoms with Gasteiger partial charge in [0, 0.05) is 11.5 Å². The van der Waals surface area contributed by atoms with Gasteiger partial charge >= 0.3 is 0 Å². The number of thiazole rings is 1. The summed E-state index contributed by atoms with van der Waals surface area (Å²) in [5, 5.41) is 4.50. The number of anilines is 1. The van der Waals surface area contributed by atoms with Gasteiger partial charge in [0.05, 0.1) is 21.4 Å². The van der Waals surface area contributed by atoms with Crippen LogP contribution in [0.15, 0.2) is 60.7 Å². The number of pyridine rings is 1. The van der Waals surface area contributed by atoms with Crippen molar-refractivity contribution in [2.75, 3.05) is 5.32 Å². The molecular weight excluding hydrogens is 330 g/mol. The quantitative estimate of drug-likeness (QED) is 0.542. The second-order valence-corrected chi connectivity index (χ2v) is 6.72. The van der Waals surface area contributed by atoms with Gasteiger partial charge in [-0.25, -0.2) is 9.97 Å². The van der Waals surface area contributed by atoms with Gasteiger partial charge in [0.2, 0.25) is 5.91 Å². The molecule has 0 saturated carbocycles. The topological polar surface area (TPSA) is 54.9 Å². The van der Waals surface area contributed by atoms with Crippen molar-refractivity contribution in [3.05, 3.63) is 71.9 Å². The molecule has 4 nitrogen and oxygen atoms in total. The van der Waals surface area contributed by atoms with Gasteiger partial charge in [-0.3, -0.25) is 10.1 Å². The van der Waals surface area contributed by atoms with E-state index in [1.54, 1.807) is 6.08 Å². The molecule has 4 rings (SSSR count). The molecule has 0 fully saturated rings. The highest BCUT2D eigenvalue weighted by Gasteiger charge is 2.07. The van der Waals surface area contributed by atoms with Crippen LogP contribution in [-0.2, 0) is 4.79 Å². The van der Waals surface area contributed by atoms with E-state index in [2.05, 4.69) is 15.3 Å². The van der Waals surface area contributed by atoms with Crippen LogP contribution in [0, 0.1) is 6.92 Å². The van der Waals surface area contributed by atoms with Crippen molar-refractivity contribution in [1.29, 1.82) is 0 Å². The predicted molar refractivity (Wildman–Crippen MR) is 104 cm³/mol. The molecule has 2 heterocycles. The molecule has 122 valence electrons. The van der Waals surface area contributed by atoms with Crippen LogP contribution in [0.4, 0.5) is 5.13 Å².